The molecule has 1 aromatic carbocycles. The molecule has 16 heavy (non-hydrogen) atoms. The maximum absolute atomic E-state index is 9.24. The van der Waals surface area contributed by atoms with Crippen molar-refractivity contribution in [3.63, 3.8) is 0 Å². The van der Waals surface area contributed by atoms with Gasteiger partial charge in [-0.2, -0.15) is 0 Å². The molecular formula is C13H21NO2. The lowest BCUT2D eigenvalue weighted by Crippen LogP contribution is -2.19. The van der Waals surface area contributed by atoms with E-state index in [0.29, 0.717) is 13.0 Å². The zero-order valence-electron chi connectivity index (χ0n) is 10.3. The third-order valence-corrected chi connectivity index (χ3v) is 2.26. The Morgan fingerprint density at radius 2 is 1.88 bits per heavy atom. The Bertz CT molecular complexity index is 293. The topological polar surface area (TPSA) is 32.7 Å². The molecule has 0 heterocycles. The van der Waals surface area contributed by atoms with E-state index >= 15 is 0 Å². The molecule has 3 nitrogen and oxygen atoms in total. The van der Waals surface area contributed by atoms with Crippen molar-refractivity contribution in [2.75, 3.05) is 27.2 Å². The van der Waals surface area contributed by atoms with Crippen molar-refractivity contribution >= 4 is 0 Å². The van der Waals surface area contributed by atoms with Crippen molar-refractivity contribution in [2.45, 2.75) is 19.4 Å². The number of aliphatic hydroxyl groups is 1. The molecule has 1 atom stereocenters. The van der Waals surface area contributed by atoms with Crippen LogP contribution in [0.2, 0.25) is 0 Å². The van der Waals surface area contributed by atoms with E-state index in [-0.39, 0.29) is 6.10 Å². The smallest absolute Gasteiger partial charge is 0.119 e. The first-order chi connectivity index (χ1) is 7.58. The first-order valence-corrected chi connectivity index (χ1v) is 5.62. The summed E-state index contributed by atoms with van der Waals surface area (Å²) >= 11 is 0. The lowest BCUT2D eigenvalue weighted by molar-refractivity contribution is 0.195. The van der Waals surface area contributed by atoms with Crippen molar-refractivity contribution in [3.05, 3.63) is 29.8 Å². The minimum Gasteiger partial charge on any atom is -0.492 e. The molecule has 0 bridgehead atoms. The van der Waals surface area contributed by atoms with E-state index < -0.39 is 0 Å². The van der Waals surface area contributed by atoms with Crippen LogP contribution in [-0.4, -0.2) is 43.4 Å². The molecule has 0 aliphatic rings. The molecule has 1 unspecified atom stereocenters. The summed E-state index contributed by atoms with van der Waals surface area (Å²) in [6.07, 6.45) is 0.401. The van der Waals surface area contributed by atoms with Crippen LogP contribution in [-0.2, 0) is 6.42 Å². The Labute approximate surface area is 97.7 Å². The largest absolute Gasteiger partial charge is 0.492 e. The summed E-state index contributed by atoms with van der Waals surface area (Å²) in [5.41, 5.74) is 1.13. The van der Waals surface area contributed by atoms with Crippen LogP contribution in [0.15, 0.2) is 24.3 Å². The van der Waals surface area contributed by atoms with Gasteiger partial charge in [0.1, 0.15) is 12.4 Å². The van der Waals surface area contributed by atoms with Gasteiger partial charge in [-0.1, -0.05) is 12.1 Å². The molecule has 1 aromatic rings. The molecule has 3 heteroatoms. The number of rotatable bonds is 6. The van der Waals surface area contributed by atoms with E-state index in [2.05, 4.69) is 4.90 Å². The molecule has 1 N–H and O–H groups in total. The second kappa shape index (κ2) is 6.51. The summed E-state index contributed by atoms with van der Waals surface area (Å²) in [6.45, 7) is 3.40. The normalized spacial score (nSPS) is 12.8. The number of likely N-dealkylation sites (N-methyl/N-ethyl adjacent to an activating group) is 1. The van der Waals surface area contributed by atoms with Crippen LogP contribution < -0.4 is 4.74 Å². The van der Waals surface area contributed by atoms with Crippen LogP contribution in [0.5, 0.6) is 5.75 Å². The summed E-state index contributed by atoms with van der Waals surface area (Å²) in [7, 11) is 4.05. The Morgan fingerprint density at radius 1 is 1.25 bits per heavy atom. The Hall–Kier alpha value is -1.06. The van der Waals surface area contributed by atoms with Crippen molar-refractivity contribution in [1.82, 2.24) is 4.90 Å². The number of nitrogens with zero attached hydrogens (tertiary/aromatic N) is 1. The number of ether oxygens (including phenoxy) is 1. The Kier molecular flexibility index (Phi) is 5.29. The minimum absolute atomic E-state index is 0.291. The number of hydrogen-bond acceptors (Lipinski definition) is 3. The molecule has 0 aliphatic heterocycles. The molecule has 90 valence electrons. The fourth-order valence-electron chi connectivity index (χ4n) is 1.41. The quantitative estimate of drug-likeness (QED) is 0.794. The number of hydrogen-bond donors (Lipinski definition) is 1. The predicted molar refractivity (Wildman–Crippen MR) is 65.9 cm³/mol. The molecule has 0 saturated carbocycles. The first-order valence-electron chi connectivity index (χ1n) is 5.62. The summed E-state index contributed by atoms with van der Waals surface area (Å²) in [5.74, 6) is 0.885. The first kappa shape index (κ1) is 13.0. The molecule has 0 fully saturated rings. The molecule has 0 saturated heterocycles. The molecule has 0 amide bonds. The molecule has 0 aliphatic carbocycles. The van der Waals surface area contributed by atoms with Gasteiger partial charge in [0.2, 0.25) is 0 Å². The molecular weight excluding hydrogens is 202 g/mol. The van der Waals surface area contributed by atoms with Crippen molar-refractivity contribution in [3.8, 4) is 5.75 Å². The lowest BCUT2D eigenvalue weighted by atomic mass is 10.1. The molecule has 0 spiro atoms. The van der Waals surface area contributed by atoms with Gasteiger partial charge in [0.05, 0.1) is 6.10 Å². The maximum atomic E-state index is 9.24. The van der Waals surface area contributed by atoms with Gasteiger partial charge in [-0.15, -0.1) is 0 Å². The van der Waals surface area contributed by atoms with Crippen molar-refractivity contribution in [2.24, 2.45) is 0 Å². The van der Waals surface area contributed by atoms with E-state index in [1.807, 2.05) is 38.4 Å². The molecule has 0 aromatic heterocycles. The fraction of sp³-hybridized carbons (Fsp3) is 0.538. The van der Waals surface area contributed by atoms with E-state index in [1.165, 1.54) is 0 Å². The molecule has 1 rings (SSSR count). The van der Waals surface area contributed by atoms with Gasteiger partial charge in [-0.05, 0) is 45.1 Å². The SMILES string of the molecule is CC(O)Cc1ccc(OCCN(C)C)cc1. The summed E-state index contributed by atoms with van der Waals surface area (Å²) in [6, 6.07) is 7.90. The summed E-state index contributed by atoms with van der Waals surface area (Å²) in [4.78, 5) is 2.09. The van der Waals surface area contributed by atoms with E-state index in [9.17, 15) is 5.11 Å². The van der Waals surface area contributed by atoms with Gasteiger partial charge in [0.25, 0.3) is 0 Å². The molecule has 0 radical (unpaired) electrons. The highest BCUT2D eigenvalue weighted by Gasteiger charge is 1.99. The monoisotopic (exact) mass is 223 g/mol. The zero-order chi connectivity index (χ0) is 12.0. The average Bonchev–Trinajstić information content (AvgIpc) is 2.19. The Morgan fingerprint density at radius 3 is 2.38 bits per heavy atom. The lowest BCUT2D eigenvalue weighted by Gasteiger charge is -2.11. The predicted octanol–water partition coefficient (Wildman–Crippen LogP) is 1.55. The fourth-order valence-corrected chi connectivity index (χ4v) is 1.41. The van der Waals surface area contributed by atoms with Gasteiger partial charge >= 0.3 is 0 Å². The van der Waals surface area contributed by atoms with Gasteiger partial charge in [-0.3, -0.25) is 0 Å². The summed E-state index contributed by atoms with van der Waals surface area (Å²) < 4.78 is 5.57. The van der Waals surface area contributed by atoms with Gasteiger partial charge < -0.3 is 14.7 Å². The zero-order valence-corrected chi connectivity index (χ0v) is 10.3. The second-order valence-corrected chi connectivity index (χ2v) is 4.35. The van der Waals surface area contributed by atoms with Gasteiger partial charge in [-0.25, -0.2) is 0 Å². The van der Waals surface area contributed by atoms with E-state index in [1.54, 1.807) is 6.92 Å². The number of aliphatic hydroxyl groups excluding tert-OH is 1. The number of benzene rings is 1. The highest BCUT2D eigenvalue weighted by atomic mass is 16.5. The minimum atomic E-state index is -0.291. The third kappa shape index (κ3) is 5.14. The highest BCUT2D eigenvalue weighted by Crippen LogP contribution is 2.13. The average molecular weight is 223 g/mol. The van der Waals surface area contributed by atoms with Gasteiger partial charge in [0, 0.05) is 6.54 Å². The van der Waals surface area contributed by atoms with Crippen LogP contribution in [0.25, 0.3) is 0 Å². The van der Waals surface area contributed by atoms with Crippen molar-refractivity contribution < 1.29 is 9.84 Å². The van der Waals surface area contributed by atoms with Gasteiger partial charge in [0.15, 0.2) is 0 Å². The maximum Gasteiger partial charge on any atom is 0.119 e. The van der Waals surface area contributed by atoms with E-state index in [4.69, 9.17) is 4.74 Å². The second-order valence-electron chi connectivity index (χ2n) is 4.35. The van der Waals surface area contributed by atoms with Crippen LogP contribution in [0.4, 0.5) is 0 Å². The van der Waals surface area contributed by atoms with Crippen molar-refractivity contribution in [1.29, 1.82) is 0 Å². The van der Waals surface area contributed by atoms with Crippen LogP contribution in [0, 0.1) is 0 Å². The summed E-state index contributed by atoms with van der Waals surface area (Å²) in [5, 5.41) is 9.24. The van der Waals surface area contributed by atoms with E-state index in [0.717, 1.165) is 17.9 Å². The standard InChI is InChI=1S/C13H21NO2/c1-11(15)10-12-4-6-13(7-5-12)16-9-8-14(2)3/h4-7,11,15H,8-10H2,1-3H3. The third-order valence-electron chi connectivity index (χ3n) is 2.26. The van der Waals surface area contributed by atoms with Crippen LogP contribution >= 0.6 is 0 Å². The Balaban J connectivity index is 2.39. The van der Waals surface area contributed by atoms with Crippen LogP contribution in [0.3, 0.4) is 0 Å². The van der Waals surface area contributed by atoms with Crippen LogP contribution in [0.1, 0.15) is 12.5 Å². The highest BCUT2D eigenvalue weighted by molar-refractivity contribution is 5.27.